The van der Waals surface area contributed by atoms with E-state index in [1.54, 1.807) is 6.20 Å². The van der Waals surface area contributed by atoms with Crippen molar-refractivity contribution in [1.29, 1.82) is 0 Å². The lowest BCUT2D eigenvalue weighted by Crippen LogP contribution is -2.09. The van der Waals surface area contributed by atoms with E-state index in [-0.39, 0.29) is 5.56 Å². The maximum Gasteiger partial charge on any atom is 0.251 e. The maximum absolute atomic E-state index is 11.3. The summed E-state index contributed by atoms with van der Waals surface area (Å²) in [5.74, 6) is 0.608. The monoisotopic (exact) mass is 207 g/mol. The second-order valence-corrected chi connectivity index (χ2v) is 3.65. The third kappa shape index (κ3) is 1.72. The molecule has 72 valence electrons. The lowest BCUT2D eigenvalue weighted by Gasteiger charge is -1.98. The molecule has 0 saturated carbocycles. The SMILES string of the molecule is CCc1cc(=O)[nH]c(-c2ccns2)n1. The summed E-state index contributed by atoms with van der Waals surface area (Å²) < 4.78 is 3.96. The van der Waals surface area contributed by atoms with Gasteiger partial charge in [0.25, 0.3) is 5.56 Å². The predicted molar refractivity (Wildman–Crippen MR) is 55.3 cm³/mol. The first kappa shape index (κ1) is 9.08. The molecule has 0 amide bonds. The number of aromatic amines is 1. The van der Waals surface area contributed by atoms with E-state index >= 15 is 0 Å². The van der Waals surface area contributed by atoms with Crippen molar-refractivity contribution >= 4 is 11.5 Å². The van der Waals surface area contributed by atoms with Crippen LogP contribution in [0.2, 0.25) is 0 Å². The molecular weight excluding hydrogens is 198 g/mol. The Kier molecular flexibility index (Phi) is 2.41. The molecule has 1 N–H and O–H groups in total. The molecule has 0 fully saturated rings. The van der Waals surface area contributed by atoms with Crippen LogP contribution in [0.25, 0.3) is 10.7 Å². The fraction of sp³-hybridized carbons (Fsp3) is 0.222. The Hall–Kier alpha value is -1.49. The third-order valence-corrected chi connectivity index (χ3v) is 2.58. The minimum absolute atomic E-state index is 0.111. The first-order valence-electron chi connectivity index (χ1n) is 4.31. The Morgan fingerprint density at radius 2 is 2.43 bits per heavy atom. The zero-order chi connectivity index (χ0) is 9.97. The molecule has 4 nitrogen and oxygen atoms in total. The summed E-state index contributed by atoms with van der Waals surface area (Å²) in [7, 11) is 0. The minimum atomic E-state index is -0.111. The van der Waals surface area contributed by atoms with Crippen molar-refractivity contribution in [2.45, 2.75) is 13.3 Å². The van der Waals surface area contributed by atoms with Gasteiger partial charge in [-0.25, -0.2) is 9.36 Å². The number of H-pyrrole nitrogens is 1. The highest BCUT2D eigenvalue weighted by Crippen LogP contribution is 2.17. The second-order valence-electron chi connectivity index (χ2n) is 2.82. The summed E-state index contributed by atoms with van der Waals surface area (Å²) in [6.45, 7) is 1.97. The Balaban J connectivity index is 2.54. The highest BCUT2D eigenvalue weighted by Gasteiger charge is 2.03. The molecule has 0 bridgehead atoms. The van der Waals surface area contributed by atoms with Crippen molar-refractivity contribution in [3.05, 3.63) is 34.4 Å². The van der Waals surface area contributed by atoms with Gasteiger partial charge in [-0.15, -0.1) is 0 Å². The van der Waals surface area contributed by atoms with Gasteiger partial charge >= 0.3 is 0 Å². The quantitative estimate of drug-likeness (QED) is 0.811. The Bertz CT molecular complexity index is 475. The van der Waals surface area contributed by atoms with Crippen molar-refractivity contribution < 1.29 is 0 Å². The van der Waals surface area contributed by atoms with Crippen LogP contribution >= 0.6 is 11.5 Å². The molecule has 2 heterocycles. The van der Waals surface area contributed by atoms with E-state index in [1.165, 1.54) is 17.6 Å². The van der Waals surface area contributed by atoms with E-state index in [0.717, 1.165) is 17.0 Å². The van der Waals surface area contributed by atoms with Crippen LogP contribution in [0.4, 0.5) is 0 Å². The van der Waals surface area contributed by atoms with Gasteiger partial charge < -0.3 is 4.98 Å². The van der Waals surface area contributed by atoms with Gasteiger partial charge in [0, 0.05) is 18.0 Å². The van der Waals surface area contributed by atoms with Gasteiger partial charge in [0.2, 0.25) is 0 Å². The van der Waals surface area contributed by atoms with Crippen LogP contribution in [0.5, 0.6) is 0 Å². The van der Waals surface area contributed by atoms with Crippen molar-refractivity contribution in [3.63, 3.8) is 0 Å². The molecule has 0 unspecified atom stereocenters. The maximum atomic E-state index is 11.3. The molecule has 2 aromatic rings. The van der Waals surface area contributed by atoms with Crippen molar-refractivity contribution in [2.24, 2.45) is 0 Å². The van der Waals surface area contributed by atoms with Crippen LogP contribution < -0.4 is 5.56 Å². The fourth-order valence-electron chi connectivity index (χ4n) is 1.14. The third-order valence-electron chi connectivity index (χ3n) is 1.83. The Labute approximate surface area is 84.8 Å². The standard InChI is InChI=1S/C9H9N3OS/c1-2-6-5-8(13)12-9(11-6)7-3-4-10-14-7/h3-5H,2H2,1H3,(H,11,12,13). The zero-order valence-corrected chi connectivity index (χ0v) is 8.47. The second kappa shape index (κ2) is 3.71. The van der Waals surface area contributed by atoms with E-state index in [4.69, 9.17) is 0 Å². The lowest BCUT2D eigenvalue weighted by molar-refractivity contribution is 0.990. The zero-order valence-electron chi connectivity index (χ0n) is 7.65. The van der Waals surface area contributed by atoms with Crippen molar-refractivity contribution in [1.82, 2.24) is 14.3 Å². The first-order chi connectivity index (χ1) is 6.79. The largest absolute Gasteiger partial charge is 0.306 e. The first-order valence-corrected chi connectivity index (χ1v) is 5.08. The lowest BCUT2D eigenvalue weighted by atomic mass is 10.3. The number of aryl methyl sites for hydroxylation is 1. The van der Waals surface area contributed by atoms with Crippen molar-refractivity contribution in [3.8, 4) is 10.7 Å². The predicted octanol–water partition coefficient (Wildman–Crippen LogP) is 1.46. The van der Waals surface area contributed by atoms with Gasteiger partial charge in [0.05, 0.1) is 4.88 Å². The molecular formula is C9H9N3OS. The average molecular weight is 207 g/mol. The van der Waals surface area contributed by atoms with Crippen LogP contribution in [0, 0.1) is 0 Å². The molecule has 0 radical (unpaired) electrons. The summed E-state index contributed by atoms with van der Waals surface area (Å²) >= 11 is 1.32. The fourth-order valence-corrected chi connectivity index (χ4v) is 1.68. The van der Waals surface area contributed by atoms with E-state index in [1.807, 2.05) is 13.0 Å². The van der Waals surface area contributed by atoms with Crippen LogP contribution in [0.3, 0.4) is 0 Å². The molecule has 0 spiro atoms. The molecule has 0 aliphatic rings. The number of nitrogens with one attached hydrogen (secondary N) is 1. The molecule has 0 atom stereocenters. The number of rotatable bonds is 2. The molecule has 0 saturated heterocycles. The topological polar surface area (TPSA) is 58.6 Å². The van der Waals surface area contributed by atoms with E-state index in [9.17, 15) is 4.79 Å². The highest BCUT2D eigenvalue weighted by atomic mass is 32.1. The summed E-state index contributed by atoms with van der Waals surface area (Å²) in [5, 5.41) is 0. The van der Waals surface area contributed by atoms with Gasteiger partial charge in [0.1, 0.15) is 0 Å². The molecule has 0 aromatic carbocycles. The number of hydrogen-bond donors (Lipinski definition) is 1. The van der Waals surface area contributed by atoms with E-state index in [2.05, 4.69) is 14.3 Å². The van der Waals surface area contributed by atoms with E-state index in [0.29, 0.717) is 5.82 Å². The Morgan fingerprint density at radius 3 is 3.07 bits per heavy atom. The molecule has 0 aliphatic heterocycles. The van der Waals surface area contributed by atoms with Crippen LogP contribution in [0.1, 0.15) is 12.6 Å². The van der Waals surface area contributed by atoms with Crippen LogP contribution in [0.15, 0.2) is 23.1 Å². The summed E-state index contributed by atoms with van der Waals surface area (Å²) in [6.07, 6.45) is 2.45. The normalized spacial score (nSPS) is 10.4. The molecule has 14 heavy (non-hydrogen) atoms. The van der Waals surface area contributed by atoms with Crippen LogP contribution in [-0.2, 0) is 6.42 Å². The smallest absolute Gasteiger partial charge is 0.251 e. The molecule has 0 aliphatic carbocycles. The summed E-state index contributed by atoms with van der Waals surface area (Å²) in [6, 6.07) is 3.35. The molecule has 2 rings (SSSR count). The van der Waals surface area contributed by atoms with Gasteiger partial charge in [-0.2, -0.15) is 0 Å². The summed E-state index contributed by atoms with van der Waals surface area (Å²) in [4.78, 5) is 19.1. The summed E-state index contributed by atoms with van der Waals surface area (Å²) in [5.41, 5.74) is 0.692. The highest BCUT2D eigenvalue weighted by molar-refractivity contribution is 7.09. The minimum Gasteiger partial charge on any atom is -0.306 e. The Morgan fingerprint density at radius 1 is 1.57 bits per heavy atom. The number of aromatic nitrogens is 3. The average Bonchev–Trinajstić information content (AvgIpc) is 2.69. The van der Waals surface area contributed by atoms with Crippen molar-refractivity contribution in [2.75, 3.05) is 0 Å². The number of hydrogen-bond acceptors (Lipinski definition) is 4. The molecule has 2 aromatic heterocycles. The van der Waals surface area contributed by atoms with Gasteiger partial charge in [0.15, 0.2) is 5.82 Å². The molecule has 5 heteroatoms. The number of nitrogens with zero attached hydrogens (tertiary/aromatic N) is 2. The van der Waals surface area contributed by atoms with Gasteiger partial charge in [-0.3, -0.25) is 4.79 Å². The van der Waals surface area contributed by atoms with Crippen LogP contribution in [-0.4, -0.2) is 14.3 Å². The van der Waals surface area contributed by atoms with E-state index < -0.39 is 0 Å². The van der Waals surface area contributed by atoms with Gasteiger partial charge in [-0.1, -0.05) is 6.92 Å². The van der Waals surface area contributed by atoms with Gasteiger partial charge in [-0.05, 0) is 24.0 Å².